The maximum Gasteiger partial charge on any atom is 0.254 e. The molecule has 0 unspecified atom stereocenters. The van der Waals surface area contributed by atoms with Crippen LogP contribution in [0.15, 0.2) is 18.2 Å². The van der Waals surface area contributed by atoms with Crippen LogP contribution in [0.1, 0.15) is 55.5 Å². The second-order valence-electron chi connectivity index (χ2n) is 6.58. The van der Waals surface area contributed by atoms with Gasteiger partial charge in [0.2, 0.25) is 5.91 Å². The van der Waals surface area contributed by atoms with Gasteiger partial charge in [0.25, 0.3) is 5.91 Å². The summed E-state index contributed by atoms with van der Waals surface area (Å²) >= 11 is 0. The fourth-order valence-electron chi connectivity index (χ4n) is 3.06. The predicted octanol–water partition coefficient (Wildman–Crippen LogP) is 2.95. The summed E-state index contributed by atoms with van der Waals surface area (Å²) in [4.78, 5) is 26.3. The van der Waals surface area contributed by atoms with Crippen molar-refractivity contribution in [3.8, 4) is 0 Å². The van der Waals surface area contributed by atoms with Crippen LogP contribution in [0.25, 0.3) is 0 Å². The maximum absolute atomic E-state index is 12.7. The van der Waals surface area contributed by atoms with Gasteiger partial charge in [-0.3, -0.25) is 9.59 Å². The van der Waals surface area contributed by atoms with Crippen LogP contribution in [0, 0.1) is 6.92 Å². The molecular formula is C19H29N3O2. The van der Waals surface area contributed by atoms with E-state index < -0.39 is 0 Å². The van der Waals surface area contributed by atoms with Gasteiger partial charge in [0.05, 0.1) is 6.54 Å². The summed E-state index contributed by atoms with van der Waals surface area (Å²) < 4.78 is 0. The van der Waals surface area contributed by atoms with Crippen LogP contribution in [0.2, 0.25) is 0 Å². The number of hydrogen-bond acceptors (Lipinski definition) is 3. The van der Waals surface area contributed by atoms with Gasteiger partial charge in [-0.2, -0.15) is 0 Å². The van der Waals surface area contributed by atoms with Crippen molar-refractivity contribution in [3.63, 3.8) is 0 Å². The highest BCUT2D eigenvalue weighted by Gasteiger charge is 2.24. The summed E-state index contributed by atoms with van der Waals surface area (Å²) in [7, 11) is 0. The molecule has 132 valence electrons. The van der Waals surface area contributed by atoms with E-state index in [2.05, 4.69) is 17.6 Å². The van der Waals surface area contributed by atoms with E-state index >= 15 is 0 Å². The number of likely N-dealkylation sites (tertiary alicyclic amines) is 1. The zero-order valence-corrected chi connectivity index (χ0v) is 15.0. The lowest BCUT2D eigenvalue weighted by molar-refractivity contribution is -0.119. The normalized spacial score (nSPS) is 17.5. The van der Waals surface area contributed by atoms with Gasteiger partial charge in [-0.15, -0.1) is 0 Å². The molecule has 2 amide bonds. The van der Waals surface area contributed by atoms with Crippen molar-refractivity contribution < 1.29 is 9.59 Å². The topological polar surface area (TPSA) is 61.4 Å². The van der Waals surface area contributed by atoms with Gasteiger partial charge < -0.3 is 15.5 Å². The standard InChI is InChI=1S/C19H29N3O2/c1-4-10-20-18(23)13-21-17-9-8-16(12-14(17)2)19(24)22-11-6-5-7-15(22)3/h8-9,12,15,21H,4-7,10-11,13H2,1-3H3,(H,20,23)/t15-/m1/s1. The lowest BCUT2D eigenvalue weighted by Crippen LogP contribution is -2.42. The summed E-state index contributed by atoms with van der Waals surface area (Å²) in [6.07, 6.45) is 4.29. The minimum atomic E-state index is -0.0152. The second kappa shape index (κ2) is 8.71. The largest absolute Gasteiger partial charge is 0.376 e. The number of benzene rings is 1. The first-order chi connectivity index (χ1) is 11.5. The van der Waals surface area contributed by atoms with Crippen molar-refractivity contribution in [2.45, 2.75) is 52.5 Å². The highest BCUT2D eigenvalue weighted by atomic mass is 16.2. The van der Waals surface area contributed by atoms with Crippen molar-refractivity contribution in [2.75, 3.05) is 25.0 Å². The number of nitrogens with zero attached hydrogens (tertiary/aromatic N) is 1. The zero-order chi connectivity index (χ0) is 17.5. The van der Waals surface area contributed by atoms with Gasteiger partial charge in [0, 0.05) is 30.4 Å². The lowest BCUT2D eigenvalue weighted by Gasteiger charge is -2.33. The Morgan fingerprint density at radius 3 is 2.75 bits per heavy atom. The summed E-state index contributed by atoms with van der Waals surface area (Å²) in [5.41, 5.74) is 2.60. The third-order valence-electron chi connectivity index (χ3n) is 4.55. The fourth-order valence-corrected chi connectivity index (χ4v) is 3.06. The predicted molar refractivity (Wildman–Crippen MR) is 97.3 cm³/mol. The molecule has 1 aromatic rings. The van der Waals surface area contributed by atoms with Crippen molar-refractivity contribution in [2.24, 2.45) is 0 Å². The van der Waals surface area contributed by atoms with Gasteiger partial charge in [-0.25, -0.2) is 0 Å². The summed E-state index contributed by atoms with van der Waals surface area (Å²) in [5, 5.41) is 5.98. The van der Waals surface area contributed by atoms with E-state index in [9.17, 15) is 9.59 Å². The number of piperidine rings is 1. The van der Waals surface area contributed by atoms with Crippen LogP contribution < -0.4 is 10.6 Å². The van der Waals surface area contributed by atoms with Crippen molar-refractivity contribution in [1.29, 1.82) is 0 Å². The van der Waals surface area contributed by atoms with E-state index in [4.69, 9.17) is 0 Å². The Bertz CT molecular complexity index is 586. The molecule has 1 aliphatic heterocycles. The Morgan fingerprint density at radius 2 is 2.08 bits per heavy atom. The highest BCUT2D eigenvalue weighted by molar-refractivity contribution is 5.95. The monoisotopic (exact) mass is 331 g/mol. The highest BCUT2D eigenvalue weighted by Crippen LogP contribution is 2.22. The van der Waals surface area contributed by atoms with E-state index in [1.54, 1.807) is 0 Å². The Balaban J connectivity index is 1.98. The number of carbonyl (C=O) groups is 2. The number of amides is 2. The smallest absolute Gasteiger partial charge is 0.254 e. The third kappa shape index (κ3) is 4.73. The molecule has 1 heterocycles. The first-order valence-corrected chi connectivity index (χ1v) is 8.95. The number of carbonyl (C=O) groups excluding carboxylic acids is 2. The molecule has 0 spiro atoms. The molecule has 0 saturated carbocycles. The van der Waals surface area contributed by atoms with Crippen LogP contribution >= 0.6 is 0 Å². The second-order valence-corrected chi connectivity index (χ2v) is 6.58. The average molecular weight is 331 g/mol. The van der Waals surface area contributed by atoms with Crippen LogP contribution in [0.4, 0.5) is 5.69 Å². The molecule has 0 aromatic heterocycles. The first-order valence-electron chi connectivity index (χ1n) is 8.95. The molecule has 24 heavy (non-hydrogen) atoms. The van der Waals surface area contributed by atoms with Crippen molar-refractivity contribution in [1.82, 2.24) is 10.2 Å². The number of aryl methyl sites for hydroxylation is 1. The summed E-state index contributed by atoms with van der Waals surface area (Å²) in [6.45, 7) is 7.89. The van der Waals surface area contributed by atoms with E-state index in [1.807, 2.05) is 36.9 Å². The van der Waals surface area contributed by atoms with Gasteiger partial charge >= 0.3 is 0 Å². The maximum atomic E-state index is 12.7. The van der Waals surface area contributed by atoms with Gasteiger partial charge in [0.15, 0.2) is 0 Å². The Morgan fingerprint density at radius 1 is 1.29 bits per heavy atom. The minimum Gasteiger partial charge on any atom is -0.376 e. The molecule has 1 aromatic carbocycles. The molecule has 2 N–H and O–H groups in total. The van der Waals surface area contributed by atoms with Gasteiger partial charge in [0.1, 0.15) is 0 Å². The number of anilines is 1. The summed E-state index contributed by atoms with van der Waals surface area (Å²) in [6, 6.07) is 5.97. The molecule has 1 fully saturated rings. The molecule has 0 aliphatic carbocycles. The van der Waals surface area contributed by atoms with Crippen molar-refractivity contribution in [3.05, 3.63) is 29.3 Å². The SMILES string of the molecule is CCCNC(=O)CNc1ccc(C(=O)N2CCCC[C@H]2C)cc1C. The molecule has 0 bridgehead atoms. The minimum absolute atomic E-state index is 0.0152. The molecule has 5 heteroatoms. The van der Waals surface area contributed by atoms with E-state index in [0.717, 1.165) is 42.6 Å². The number of nitrogens with one attached hydrogen (secondary N) is 2. The van der Waals surface area contributed by atoms with Crippen molar-refractivity contribution >= 4 is 17.5 Å². The lowest BCUT2D eigenvalue weighted by atomic mass is 10.0. The molecule has 0 radical (unpaired) electrons. The van der Waals surface area contributed by atoms with Crippen LogP contribution in [0.3, 0.4) is 0 Å². The van der Waals surface area contributed by atoms with E-state index in [-0.39, 0.29) is 18.4 Å². The quantitative estimate of drug-likeness (QED) is 0.842. The van der Waals surface area contributed by atoms with Gasteiger partial charge in [-0.1, -0.05) is 6.92 Å². The first kappa shape index (κ1) is 18.3. The zero-order valence-electron chi connectivity index (χ0n) is 15.0. The molecule has 1 atom stereocenters. The van der Waals surface area contributed by atoms with E-state index in [0.29, 0.717) is 12.6 Å². The molecule has 5 nitrogen and oxygen atoms in total. The average Bonchev–Trinajstić information content (AvgIpc) is 2.58. The third-order valence-corrected chi connectivity index (χ3v) is 4.55. The Labute approximate surface area is 144 Å². The van der Waals surface area contributed by atoms with Gasteiger partial charge in [-0.05, 0) is 63.3 Å². The molecule has 1 aliphatic rings. The number of hydrogen-bond donors (Lipinski definition) is 2. The van der Waals surface area contributed by atoms with E-state index in [1.165, 1.54) is 6.42 Å². The fraction of sp³-hybridized carbons (Fsp3) is 0.579. The Hall–Kier alpha value is -2.04. The Kier molecular flexibility index (Phi) is 6.64. The van der Waals surface area contributed by atoms with Crippen LogP contribution in [-0.4, -0.2) is 42.4 Å². The molecule has 2 rings (SSSR count). The van der Waals surface area contributed by atoms with Crippen LogP contribution in [-0.2, 0) is 4.79 Å². The van der Waals surface area contributed by atoms with Crippen LogP contribution in [0.5, 0.6) is 0 Å². The molecular weight excluding hydrogens is 302 g/mol. The summed E-state index contributed by atoms with van der Waals surface area (Å²) in [5.74, 6) is 0.0936. The molecule has 1 saturated heterocycles. The number of rotatable bonds is 6.